The molecule has 0 spiro atoms. The van der Waals surface area contributed by atoms with Crippen molar-refractivity contribution in [2.75, 3.05) is 0 Å². The van der Waals surface area contributed by atoms with Crippen LogP contribution in [0.5, 0.6) is 0 Å². The molecule has 16 heavy (non-hydrogen) atoms. The fourth-order valence-corrected chi connectivity index (χ4v) is 1.67. The first-order valence-electron chi connectivity index (χ1n) is 4.60. The fourth-order valence-electron chi connectivity index (χ4n) is 1.47. The molecular formula is C11H9ClN2O2. The number of carboxylic acids is 1. The van der Waals surface area contributed by atoms with E-state index < -0.39 is 5.97 Å². The Balaban J connectivity index is 2.56. The number of halogens is 1. The number of carboxylic acid groups (broad SMARTS) is 1. The van der Waals surface area contributed by atoms with Gasteiger partial charge in [-0.3, -0.25) is 0 Å². The second-order valence-corrected chi connectivity index (χ2v) is 3.77. The van der Waals surface area contributed by atoms with Gasteiger partial charge in [-0.05, 0) is 18.2 Å². The average molecular weight is 237 g/mol. The molecule has 0 aliphatic heterocycles. The van der Waals surface area contributed by atoms with Crippen LogP contribution in [-0.4, -0.2) is 20.6 Å². The number of hydrogen-bond donors (Lipinski definition) is 1. The number of aromatic nitrogens is 2. The van der Waals surface area contributed by atoms with Crippen molar-refractivity contribution in [3.05, 3.63) is 41.2 Å². The smallest absolute Gasteiger partial charge is 0.337 e. The lowest BCUT2D eigenvalue weighted by Crippen LogP contribution is -1.99. The Hall–Kier alpha value is -1.81. The summed E-state index contributed by atoms with van der Waals surface area (Å²) in [4.78, 5) is 15.1. The molecule has 1 N–H and O–H groups in total. The predicted molar refractivity (Wildman–Crippen MR) is 60.6 cm³/mol. The highest BCUT2D eigenvalue weighted by molar-refractivity contribution is 6.33. The summed E-state index contributed by atoms with van der Waals surface area (Å²) in [5.41, 5.74) is 0.816. The molecule has 1 aromatic heterocycles. The van der Waals surface area contributed by atoms with Crippen LogP contribution in [0.15, 0.2) is 30.6 Å². The van der Waals surface area contributed by atoms with Gasteiger partial charge >= 0.3 is 5.97 Å². The van der Waals surface area contributed by atoms with Gasteiger partial charge in [-0.2, -0.15) is 0 Å². The largest absolute Gasteiger partial charge is 0.478 e. The van der Waals surface area contributed by atoms with Gasteiger partial charge in [0, 0.05) is 25.0 Å². The Morgan fingerprint density at radius 3 is 2.81 bits per heavy atom. The van der Waals surface area contributed by atoms with E-state index in [0.29, 0.717) is 5.82 Å². The van der Waals surface area contributed by atoms with Crippen molar-refractivity contribution in [3.63, 3.8) is 0 Å². The first-order chi connectivity index (χ1) is 7.59. The number of carbonyl (C=O) groups is 1. The second kappa shape index (κ2) is 3.98. The number of benzene rings is 1. The van der Waals surface area contributed by atoms with E-state index in [4.69, 9.17) is 16.7 Å². The monoisotopic (exact) mass is 236 g/mol. The number of nitrogens with zero attached hydrogens (tertiary/aromatic N) is 2. The molecule has 0 atom stereocenters. The van der Waals surface area contributed by atoms with Crippen molar-refractivity contribution >= 4 is 17.6 Å². The molecule has 0 radical (unpaired) electrons. The Morgan fingerprint density at radius 1 is 1.50 bits per heavy atom. The lowest BCUT2D eigenvalue weighted by Gasteiger charge is -2.04. The molecule has 4 nitrogen and oxygen atoms in total. The zero-order chi connectivity index (χ0) is 11.7. The van der Waals surface area contributed by atoms with Crippen molar-refractivity contribution in [2.45, 2.75) is 0 Å². The molecule has 5 heteroatoms. The summed E-state index contributed by atoms with van der Waals surface area (Å²) < 4.78 is 1.81. The van der Waals surface area contributed by atoms with Crippen LogP contribution in [0, 0.1) is 0 Å². The quantitative estimate of drug-likeness (QED) is 0.871. The minimum absolute atomic E-state index is 0.0853. The van der Waals surface area contributed by atoms with Crippen molar-refractivity contribution in [2.24, 2.45) is 7.05 Å². The number of hydrogen-bond acceptors (Lipinski definition) is 2. The van der Waals surface area contributed by atoms with E-state index in [1.165, 1.54) is 6.07 Å². The van der Waals surface area contributed by atoms with Crippen LogP contribution in [0.3, 0.4) is 0 Å². The molecule has 0 aliphatic rings. The SMILES string of the molecule is Cn1ccnc1-c1ccc(Cl)c(C(=O)O)c1. The van der Waals surface area contributed by atoms with E-state index in [-0.39, 0.29) is 10.6 Å². The third-order valence-corrected chi connectivity index (χ3v) is 2.61. The Labute approximate surface area is 97.1 Å². The molecule has 0 bridgehead atoms. The molecular weight excluding hydrogens is 228 g/mol. The van der Waals surface area contributed by atoms with E-state index in [9.17, 15) is 4.79 Å². The zero-order valence-corrected chi connectivity index (χ0v) is 9.27. The van der Waals surface area contributed by atoms with Gasteiger partial charge < -0.3 is 9.67 Å². The van der Waals surface area contributed by atoms with Gasteiger partial charge in [0.2, 0.25) is 0 Å². The Kier molecular flexibility index (Phi) is 2.66. The third kappa shape index (κ3) is 1.79. The maximum absolute atomic E-state index is 10.9. The van der Waals surface area contributed by atoms with E-state index in [1.807, 2.05) is 11.6 Å². The second-order valence-electron chi connectivity index (χ2n) is 3.36. The standard InChI is InChI=1S/C11H9ClN2O2/c1-14-5-4-13-10(14)7-2-3-9(12)8(6-7)11(15)16/h2-6H,1H3,(H,15,16). The first-order valence-corrected chi connectivity index (χ1v) is 4.98. The summed E-state index contributed by atoms with van der Waals surface area (Å²) in [6, 6.07) is 4.83. The van der Waals surface area contributed by atoms with Crippen LogP contribution >= 0.6 is 11.6 Å². The highest BCUT2D eigenvalue weighted by Gasteiger charge is 2.11. The van der Waals surface area contributed by atoms with E-state index in [1.54, 1.807) is 24.5 Å². The van der Waals surface area contributed by atoms with Gasteiger partial charge in [0.25, 0.3) is 0 Å². The minimum atomic E-state index is -1.04. The topological polar surface area (TPSA) is 55.1 Å². The van der Waals surface area contributed by atoms with E-state index in [0.717, 1.165) is 5.56 Å². The molecule has 82 valence electrons. The highest BCUT2D eigenvalue weighted by Crippen LogP contribution is 2.23. The fraction of sp³-hybridized carbons (Fsp3) is 0.0909. The maximum atomic E-state index is 10.9. The van der Waals surface area contributed by atoms with Crippen LogP contribution in [0.2, 0.25) is 5.02 Å². The Bertz CT molecular complexity index is 549. The van der Waals surface area contributed by atoms with Crippen LogP contribution in [0.1, 0.15) is 10.4 Å². The molecule has 0 saturated heterocycles. The number of aromatic carboxylic acids is 1. The molecule has 0 aliphatic carbocycles. The lowest BCUT2D eigenvalue weighted by molar-refractivity contribution is 0.0697. The van der Waals surface area contributed by atoms with Crippen LogP contribution in [0.25, 0.3) is 11.4 Å². The number of aryl methyl sites for hydroxylation is 1. The van der Waals surface area contributed by atoms with Gasteiger partial charge in [0.05, 0.1) is 10.6 Å². The maximum Gasteiger partial charge on any atom is 0.337 e. The highest BCUT2D eigenvalue weighted by atomic mass is 35.5. The minimum Gasteiger partial charge on any atom is -0.478 e. The van der Waals surface area contributed by atoms with Gasteiger partial charge in [0.1, 0.15) is 5.82 Å². The molecule has 0 amide bonds. The first kappa shape index (κ1) is 10.7. The summed E-state index contributed by atoms with van der Waals surface area (Å²) in [5.74, 6) is -0.333. The van der Waals surface area contributed by atoms with E-state index >= 15 is 0 Å². The molecule has 2 rings (SSSR count). The average Bonchev–Trinajstić information content (AvgIpc) is 2.65. The van der Waals surface area contributed by atoms with Crippen molar-refractivity contribution < 1.29 is 9.90 Å². The molecule has 0 saturated carbocycles. The van der Waals surface area contributed by atoms with Gasteiger partial charge in [0.15, 0.2) is 0 Å². The van der Waals surface area contributed by atoms with Gasteiger partial charge in [-0.15, -0.1) is 0 Å². The summed E-state index contributed by atoms with van der Waals surface area (Å²) in [6.07, 6.45) is 3.45. The molecule has 0 unspecified atom stereocenters. The van der Waals surface area contributed by atoms with Gasteiger partial charge in [-0.25, -0.2) is 9.78 Å². The van der Waals surface area contributed by atoms with Crippen molar-refractivity contribution in [1.29, 1.82) is 0 Å². The Morgan fingerprint density at radius 2 is 2.25 bits per heavy atom. The summed E-state index contributed by atoms with van der Waals surface area (Å²) >= 11 is 5.78. The summed E-state index contributed by atoms with van der Waals surface area (Å²) in [7, 11) is 1.84. The zero-order valence-electron chi connectivity index (χ0n) is 8.51. The van der Waals surface area contributed by atoms with Crippen LogP contribution in [-0.2, 0) is 7.05 Å². The molecule has 0 fully saturated rings. The van der Waals surface area contributed by atoms with Gasteiger partial charge in [-0.1, -0.05) is 11.6 Å². The molecule has 2 aromatic rings. The molecule has 1 aromatic carbocycles. The summed E-state index contributed by atoms with van der Waals surface area (Å²) in [5, 5.41) is 9.17. The van der Waals surface area contributed by atoms with Crippen molar-refractivity contribution in [3.8, 4) is 11.4 Å². The predicted octanol–water partition coefficient (Wildman–Crippen LogP) is 2.44. The third-order valence-electron chi connectivity index (χ3n) is 2.28. The summed E-state index contributed by atoms with van der Waals surface area (Å²) in [6.45, 7) is 0. The number of rotatable bonds is 2. The lowest BCUT2D eigenvalue weighted by atomic mass is 10.1. The normalized spacial score (nSPS) is 10.4. The van der Waals surface area contributed by atoms with Crippen LogP contribution < -0.4 is 0 Å². The van der Waals surface area contributed by atoms with Crippen LogP contribution in [0.4, 0.5) is 0 Å². The van der Waals surface area contributed by atoms with Crippen molar-refractivity contribution in [1.82, 2.24) is 9.55 Å². The number of imidazole rings is 1. The molecule has 1 heterocycles. The van der Waals surface area contributed by atoms with E-state index in [2.05, 4.69) is 4.98 Å².